The van der Waals surface area contributed by atoms with Crippen molar-refractivity contribution in [1.29, 1.82) is 0 Å². The van der Waals surface area contributed by atoms with Gasteiger partial charge in [0.1, 0.15) is 29.4 Å². The van der Waals surface area contributed by atoms with Gasteiger partial charge in [0, 0.05) is 22.1 Å². The Kier molecular flexibility index (Phi) is 7.35. The van der Waals surface area contributed by atoms with Gasteiger partial charge in [-0.2, -0.15) is 0 Å². The first-order valence-electron chi connectivity index (χ1n) is 10.1. The number of carboxylic acids is 2. The quantitative estimate of drug-likeness (QED) is 0.222. The van der Waals surface area contributed by atoms with Gasteiger partial charge < -0.3 is 20.6 Å². The Labute approximate surface area is 211 Å². The van der Waals surface area contributed by atoms with Crippen molar-refractivity contribution >= 4 is 58.9 Å². The standard InChI is InChI=1S/C20H18ClN5O7S2/c21-10-4-2-1-3-9(10)15(29)16(30)23-13-17(31)26-14(19(32)33)8(6-34-18(13)26)7-35-20-22-11(24-25-20)5-12(27)28/h1-4,13,15,18,29H,5-7H2,(H,23,30)(H,27,28)(H,32,33)(H,22,24,25)/t13?,15?,18-/m0/s1. The predicted molar refractivity (Wildman–Crippen MR) is 125 cm³/mol. The number of nitrogens with one attached hydrogen (secondary N) is 2. The zero-order chi connectivity index (χ0) is 25.3. The van der Waals surface area contributed by atoms with Crippen LogP contribution in [0.25, 0.3) is 0 Å². The molecule has 0 spiro atoms. The molecule has 4 rings (SSSR count). The molecule has 2 aliphatic rings. The minimum Gasteiger partial charge on any atom is -0.481 e. The summed E-state index contributed by atoms with van der Waals surface area (Å²) in [6, 6.07) is 5.27. The number of halogens is 1. The number of fused-ring (bicyclic) bond motifs is 1. The SMILES string of the molecule is O=C(O)Cc1nc(SCC2=C(C(=O)O)N3C(=O)C(NC(=O)C(O)c4ccccc4Cl)[C@@H]3SC2)n[nH]1. The summed E-state index contributed by atoms with van der Waals surface area (Å²) in [5.41, 5.74) is 0.475. The summed E-state index contributed by atoms with van der Waals surface area (Å²) in [6.45, 7) is 0. The highest BCUT2D eigenvalue weighted by atomic mass is 35.5. The maximum atomic E-state index is 12.8. The Hall–Kier alpha value is -3.07. The van der Waals surface area contributed by atoms with Crippen LogP contribution in [0.3, 0.4) is 0 Å². The van der Waals surface area contributed by atoms with E-state index < -0.39 is 41.3 Å². The zero-order valence-corrected chi connectivity index (χ0v) is 20.1. The van der Waals surface area contributed by atoms with Crippen molar-refractivity contribution < 1.29 is 34.5 Å². The fourth-order valence-electron chi connectivity index (χ4n) is 3.58. The number of aliphatic hydroxyl groups is 1. The lowest BCUT2D eigenvalue weighted by Gasteiger charge is -2.49. The average molecular weight is 540 g/mol. The van der Waals surface area contributed by atoms with Crippen LogP contribution in [0.4, 0.5) is 0 Å². The van der Waals surface area contributed by atoms with Crippen LogP contribution >= 0.6 is 35.1 Å². The number of carbonyl (C=O) groups is 4. The highest BCUT2D eigenvalue weighted by Gasteiger charge is 2.54. The monoisotopic (exact) mass is 539 g/mol. The maximum absolute atomic E-state index is 12.8. The van der Waals surface area contributed by atoms with E-state index in [0.29, 0.717) is 5.57 Å². The number of carbonyl (C=O) groups excluding carboxylic acids is 2. The van der Waals surface area contributed by atoms with E-state index >= 15 is 0 Å². The number of aliphatic hydroxyl groups excluding tert-OH is 1. The number of hydrogen-bond acceptors (Lipinski definition) is 9. The van der Waals surface area contributed by atoms with Crippen LogP contribution in [0.5, 0.6) is 0 Å². The minimum atomic E-state index is -1.59. The summed E-state index contributed by atoms with van der Waals surface area (Å²) < 4.78 is 0. The van der Waals surface area contributed by atoms with Crippen LogP contribution in [-0.4, -0.2) is 82.1 Å². The molecule has 5 N–H and O–H groups in total. The van der Waals surface area contributed by atoms with Gasteiger partial charge in [0.15, 0.2) is 6.10 Å². The Bertz CT molecular complexity index is 1240. The van der Waals surface area contributed by atoms with E-state index in [1.807, 2.05) is 0 Å². The number of aromatic amines is 1. The summed E-state index contributed by atoms with van der Waals surface area (Å²) in [7, 11) is 0. The molecule has 35 heavy (non-hydrogen) atoms. The van der Waals surface area contributed by atoms with E-state index in [1.165, 1.54) is 23.9 Å². The Morgan fingerprint density at radius 3 is 2.74 bits per heavy atom. The number of β-lactam (4-membered cyclic amide) rings is 1. The lowest BCUT2D eigenvalue weighted by Crippen LogP contribution is -2.70. The lowest BCUT2D eigenvalue weighted by molar-refractivity contribution is -0.151. The molecule has 184 valence electrons. The largest absolute Gasteiger partial charge is 0.481 e. The predicted octanol–water partition coefficient (Wildman–Crippen LogP) is 0.650. The van der Waals surface area contributed by atoms with Gasteiger partial charge in [-0.3, -0.25) is 24.4 Å². The number of rotatable bonds is 9. The van der Waals surface area contributed by atoms with E-state index in [1.54, 1.807) is 12.1 Å². The fourth-order valence-corrected chi connectivity index (χ4v) is 6.12. The fraction of sp³-hybridized carbons (Fsp3) is 0.300. The molecular weight excluding hydrogens is 522 g/mol. The Morgan fingerprint density at radius 1 is 1.31 bits per heavy atom. The topological polar surface area (TPSA) is 186 Å². The van der Waals surface area contributed by atoms with Gasteiger partial charge in [0.25, 0.3) is 11.8 Å². The molecule has 1 aromatic carbocycles. The molecule has 2 aromatic rings. The molecule has 2 aliphatic heterocycles. The lowest BCUT2D eigenvalue weighted by atomic mass is 10.0. The van der Waals surface area contributed by atoms with Crippen molar-refractivity contribution in [2.75, 3.05) is 11.5 Å². The highest BCUT2D eigenvalue weighted by Crippen LogP contribution is 2.41. The molecule has 3 atom stereocenters. The zero-order valence-electron chi connectivity index (χ0n) is 17.7. The van der Waals surface area contributed by atoms with E-state index in [9.17, 15) is 29.4 Å². The molecule has 1 saturated heterocycles. The van der Waals surface area contributed by atoms with Crippen molar-refractivity contribution in [1.82, 2.24) is 25.4 Å². The number of H-pyrrole nitrogens is 1. The van der Waals surface area contributed by atoms with E-state index in [-0.39, 0.29) is 45.2 Å². The summed E-state index contributed by atoms with van der Waals surface area (Å²) >= 11 is 8.41. The van der Waals surface area contributed by atoms with Gasteiger partial charge in [0.2, 0.25) is 5.16 Å². The number of amides is 2. The first kappa shape index (κ1) is 25.0. The summed E-state index contributed by atoms with van der Waals surface area (Å²) in [5.74, 6) is -3.18. The molecule has 2 unspecified atom stereocenters. The molecule has 0 bridgehead atoms. The maximum Gasteiger partial charge on any atom is 0.352 e. The minimum absolute atomic E-state index is 0.164. The number of carboxylic acid groups (broad SMARTS) is 2. The van der Waals surface area contributed by atoms with Crippen LogP contribution in [-0.2, 0) is 25.6 Å². The normalized spacial score (nSPS) is 20.2. The first-order valence-corrected chi connectivity index (χ1v) is 12.5. The third kappa shape index (κ3) is 5.15. The smallest absolute Gasteiger partial charge is 0.352 e. The van der Waals surface area contributed by atoms with Crippen LogP contribution in [0.2, 0.25) is 5.02 Å². The number of hydrogen-bond donors (Lipinski definition) is 5. The van der Waals surface area contributed by atoms with Crippen LogP contribution in [0, 0.1) is 0 Å². The molecule has 12 nitrogen and oxygen atoms in total. The number of aromatic nitrogens is 3. The molecular formula is C20H18ClN5O7S2. The molecule has 0 radical (unpaired) electrons. The Morgan fingerprint density at radius 2 is 2.06 bits per heavy atom. The molecule has 15 heteroatoms. The third-order valence-electron chi connectivity index (χ3n) is 5.20. The third-order valence-corrected chi connectivity index (χ3v) is 7.82. The summed E-state index contributed by atoms with van der Waals surface area (Å²) in [6.07, 6.45) is -1.91. The van der Waals surface area contributed by atoms with E-state index in [0.717, 1.165) is 16.7 Å². The van der Waals surface area contributed by atoms with Crippen LogP contribution < -0.4 is 5.32 Å². The second-order valence-corrected chi connectivity index (χ2v) is 9.96. The van der Waals surface area contributed by atoms with Gasteiger partial charge in [-0.25, -0.2) is 9.78 Å². The first-order chi connectivity index (χ1) is 16.7. The van der Waals surface area contributed by atoms with E-state index in [4.69, 9.17) is 16.7 Å². The molecule has 2 amide bonds. The molecule has 0 saturated carbocycles. The van der Waals surface area contributed by atoms with Gasteiger partial charge >= 0.3 is 11.9 Å². The second kappa shape index (κ2) is 10.3. The molecule has 1 aromatic heterocycles. The van der Waals surface area contributed by atoms with Gasteiger partial charge in [-0.15, -0.1) is 16.9 Å². The van der Waals surface area contributed by atoms with Crippen LogP contribution in [0.15, 0.2) is 40.7 Å². The van der Waals surface area contributed by atoms with Gasteiger partial charge in [-0.05, 0) is 11.6 Å². The Balaban J connectivity index is 1.43. The summed E-state index contributed by atoms with van der Waals surface area (Å²) in [4.78, 5) is 53.2. The van der Waals surface area contributed by atoms with Crippen molar-refractivity contribution in [2.45, 2.75) is 29.1 Å². The van der Waals surface area contributed by atoms with Crippen molar-refractivity contribution in [3.63, 3.8) is 0 Å². The van der Waals surface area contributed by atoms with Crippen molar-refractivity contribution in [2.24, 2.45) is 0 Å². The average Bonchev–Trinajstić information content (AvgIpc) is 3.26. The molecule has 3 heterocycles. The number of nitrogens with zero attached hydrogens (tertiary/aromatic N) is 3. The molecule has 0 aliphatic carbocycles. The van der Waals surface area contributed by atoms with Crippen LogP contribution in [0.1, 0.15) is 17.5 Å². The van der Waals surface area contributed by atoms with Gasteiger partial charge in [0.05, 0.1) is 0 Å². The number of aliphatic carboxylic acids is 2. The van der Waals surface area contributed by atoms with Crippen molar-refractivity contribution in [3.8, 4) is 0 Å². The van der Waals surface area contributed by atoms with E-state index in [2.05, 4.69) is 20.5 Å². The summed E-state index contributed by atoms with van der Waals surface area (Å²) in [5, 5.41) is 37.6. The van der Waals surface area contributed by atoms with Crippen molar-refractivity contribution in [3.05, 3.63) is 51.9 Å². The number of benzene rings is 1. The highest BCUT2D eigenvalue weighted by molar-refractivity contribution is 8.01. The second-order valence-electron chi connectivity index (χ2n) is 7.50. The van der Waals surface area contributed by atoms with Gasteiger partial charge in [-0.1, -0.05) is 41.6 Å². The number of thioether (sulfide) groups is 2. The molecule has 1 fully saturated rings.